The zero-order chi connectivity index (χ0) is 17.1. The van der Waals surface area contributed by atoms with Crippen molar-refractivity contribution in [2.75, 3.05) is 19.0 Å². The number of rotatable bonds is 5. The van der Waals surface area contributed by atoms with Gasteiger partial charge in [0.1, 0.15) is 6.04 Å². The number of aromatic nitrogens is 2. The van der Waals surface area contributed by atoms with E-state index in [2.05, 4.69) is 15.5 Å². The van der Waals surface area contributed by atoms with Gasteiger partial charge in [-0.25, -0.2) is 0 Å². The predicted molar refractivity (Wildman–Crippen MR) is 92.6 cm³/mol. The Morgan fingerprint density at radius 2 is 1.92 bits per heavy atom. The van der Waals surface area contributed by atoms with E-state index in [1.807, 2.05) is 50.2 Å². The summed E-state index contributed by atoms with van der Waals surface area (Å²) in [6.45, 7) is 1.87. The van der Waals surface area contributed by atoms with Gasteiger partial charge in [0.2, 0.25) is 17.6 Å². The summed E-state index contributed by atoms with van der Waals surface area (Å²) in [5.74, 6) is 1.20. The lowest BCUT2D eigenvalue weighted by Crippen LogP contribution is -2.31. The van der Waals surface area contributed by atoms with Gasteiger partial charge in [0, 0.05) is 31.3 Å². The van der Waals surface area contributed by atoms with Crippen molar-refractivity contribution in [1.29, 1.82) is 0 Å². The number of hydrogen-bond donors (Lipinski definition) is 1. The molecule has 0 spiro atoms. The molecule has 6 nitrogen and oxygen atoms in total. The molecule has 6 heteroatoms. The molecule has 1 aliphatic rings. The van der Waals surface area contributed by atoms with Crippen LogP contribution in [-0.2, 0) is 4.79 Å². The zero-order valence-electron chi connectivity index (χ0n) is 14.5. The van der Waals surface area contributed by atoms with E-state index in [0.29, 0.717) is 11.7 Å². The average Bonchev–Trinajstić information content (AvgIpc) is 3.26. The number of anilines is 1. The summed E-state index contributed by atoms with van der Waals surface area (Å²) >= 11 is 0. The lowest BCUT2D eigenvalue weighted by molar-refractivity contribution is -0.125. The molecule has 1 fully saturated rings. The first-order valence-corrected chi connectivity index (χ1v) is 8.46. The maximum Gasteiger partial charge on any atom is 0.249 e. The fourth-order valence-corrected chi connectivity index (χ4v) is 3.02. The van der Waals surface area contributed by atoms with Crippen molar-refractivity contribution in [2.24, 2.45) is 5.92 Å². The van der Waals surface area contributed by atoms with Gasteiger partial charge in [-0.2, -0.15) is 4.98 Å². The quantitative estimate of drug-likeness (QED) is 0.913. The van der Waals surface area contributed by atoms with Crippen LogP contribution in [0.2, 0.25) is 0 Å². The van der Waals surface area contributed by atoms with Gasteiger partial charge in [-0.3, -0.25) is 4.79 Å². The van der Waals surface area contributed by atoms with Crippen molar-refractivity contribution in [3.8, 4) is 11.4 Å². The molecule has 1 aromatic heterocycles. The lowest BCUT2D eigenvalue weighted by atomic mass is 10.1. The van der Waals surface area contributed by atoms with Crippen LogP contribution in [0.1, 0.15) is 44.5 Å². The minimum atomic E-state index is -0.277. The van der Waals surface area contributed by atoms with Gasteiger partial charge in [-0.15, -0.1) is 0 Å². The van der Waals surface area contributed by atoms with Crippen molar-refractivity contribution in [3.05, 3.63) is 30.2 Å². The molecule has 0 bridgehead atoms. The summed E-state index contributed by atoms with van der Waals surface area (Å²) in [4.78, 5) is 18.7. The number of nitrogens with one attached hydrogen (secondary N) is 1. The van der Waals surface area contributed by atoms with E-state index in [9.17, 15) is 4.79 Å². The fourth-order valence-electron chi connectivity index (χ4n) is 3.02. The highest BCUT2D eigenvalue weighted by Gasteiger charge is 2.25. The highest BCUT2D eigenvalue weighted by Crippen LogP contribution is 2.26. The summed E-state index contributed by atoms with van der Waals surface area (Å²) in [6.07, 6.45) is 4.23. The van der Waals surface area contributed by atoms with Gasteiger partial charge < -0.3 is 14.7 Å². The van der Waals surface area contributed by atoms with E-state index in [-0.39, 0.29) is 17.9 Å². The molecule has 3 rings (SSSR count). The molecule has 128 valence electrons. The third-order valence-electron chi connectivity index (χ3n) is 4.54. The molecule has 1 aromatic carbocycles. The largest absolute Gasteiger partial charge is 0.378 e. The summed E-state index contributed by atoms with van der Waals surface area (Å²) < 4.78 is 5.34. The molecule has 0 unspecified atom stereocenters. The van der Waals surface area contributed by atoms with Crippen molar-refractivity contribution < 1.29 is 9.32 Å². The molecule has 24 heavy (non-hydrogen) atoms. The van der Waals surface area contributed by atoms with Crippen LogP contribution in [0.25, 0.3) is 11.4 Å². The van der Waals surface area contributed by atoms with Gasteiger partial charge in [-0.05, 0) is 44.0 Å². The number of nitrogens with zero attached hydrogens (tertiary/aromatic N) is 3. The van der Waals surface area contributed by atoms with E-state index < -0.39 is 0 Å². The first kappa shape index (κ1) is 16.5. The van der Waals surface area contributed by atoms with Crippen molar-refractivity contribution >= 4 is 11.6 Å². The molecule has 1 N–H and O–H groups in total. The first-order valence-electron chi connectivity index (χ1n) is 8.46. The number of amides is 1. The Labute approximate surface area is 142 Å². The molecule has 1 saturated carbocycles. The monoisotopic (exact) mass is 328 g/mol. The summed E-state index contributed by atoms with van der Waals surface area (Å²) in [6, 6.07) is 7.67. The Balaban J connectivity index is 1.66. The molecule has 2 aromatic rings. The second-order valence-electron chi connectivity index (χ2n) is 6.61. The highest BCUT2D eigenvalue weighted by molar-refractivity contribution is 5.79. The minimum Gasteiger partial charge on any atom is -0.378 e. The van der Waals surface area contributed by atoms with Crippen LogP contribution in [0.15, 0.2) is 28.8 Å². The molecule has 1 heterocycles. The van der Waals surface area contributed by atoms with Gasteiger partial charge in [0.05, 0.1) is 0 Å². The molecular formula is C18H24N4O2. The zero-order valence-corrected chi connectivity index (χ0v) is 14.5. The SMILES string of the molecule is C[C@@H](NC(=O)C1CCCC1)c1nc(-c2ccc(N(C)C)cc2)no1. The van der Waals surface area contributed by atoms with E-state index in [1.165, 1.54) is 0 Å². The number of carbonyl (C=O) groups excluding carboxylic acids is 1. The molecule has 1 aliphatic carbocycles. The number of hydrogen-bond acceptors (Lipinski definition) is 5. The Morgan fingerprint density at radius 3 is 2.54 bits per heavy atom. The third-order valence-corrected chi connectivity index (χ3v) is 4.54. The highest BCUT2D eigenvalue weighted by atomic mass is 16.5. The third kappa shape index (κ3) is 3.58. The summed E-state index contributed by atoms with van der Waals surface area (Å²) in [5.41, 5.74) is 2.00. The second kappa shape index (κ2) is 7.03. The normalized spacial score (nSPS) is 16.1. The van der Waals surface area contributed by atoms with Gasteiger partial charge >= 0.3 is 0 Å². The second-order valence-corrected chi connectivity index (χ2v) is 6.61. The predicted octanol–water partition coefficient (Wildman–Crippen LogP) is 3.17. The summed E-state index contributed by atoms with van der Waals surface area (Å²) in [5, 5.41) is 7.02. The van der Waals surface area contributed by atoms with E-state index in [1.54, 1.807) is 0 Å². The molecule has 0 radical (unpaired) electrons. The van der Waals surface area contributed by atoms with Crippen molar-refractivity contribution in [3.63, 3.8) is 0 Å². The van der Waals surface area contributed by atoms with Crippen LogP contribution in [0.4, 0.5) is 5.69 Å². The van der Waals surface area contributed by atoms with Crippen LogP contribution in [0.5, 0.6) is 0 Å². The maximum atomic E-state index is 12.2. The Hall–Kier alpha value is -2.37. The minimum absolute atomic E-state index is 0.0927. The average molecular weight is 328 g/mol. The van der Waals surface area contributed by atoms with Crippen molar-refractivity contribution in [2.45, 2.75) is 38.6 Å². The Bertz CT molecular complexity index is 687. The maximum absolute atomic E-state index is 12.2. The van der Waals surface area contributed by atoms with Crippen LogP contribution in [0.3, 0.4) is 0 Å². The van der Waals surface area contributed by atoms with Gasteiger partial charge in [0.15, 0.2) is 0 Å². The van der Waals surface area contributed by atoms with Crippen LogP contribution in [-0.4, -0.2) is 30.1 Å². The topological polar surface area (TPSA) is 71.3 Å². The van der Waals surface area contributed by atoms with Gasteiger partial charge in [-0.1, -0.05) is 18.0 Å². The fraction of sp³-hybridized carbons (Fsp3) is 0.500. The standard InChI is InChI=1S/C18H24N4O2/c1-12(19-17(23)14-6-4-5-7-14)18-20-16(21-24-18)13-8-10-15(11-9-13)22(2)3/h8-12,14H,4-7H2,1-3H3,(H,19,23)/t12-/m1/s1. The van der Waals surface area contributed by atoms with Crippen molar-refractivity contribution in [1.82, 2.24) is 15.5 Å². The molecule has 0 aliphatic heterocycles. The molecule has 1 atom stereocenters. The smallest absolute Gasteiger partial charge is 0.249 e. The lowest BCUT2D eigenvalue weighted by Gasteiger charge is -2.13. The van der Waals surface area contributed by atoms with E-state index in [4.69, 9.17) is 4.52 Å². The van der Waals surface area contributed by atoms with Crippen LogP contribution < -0.4 is 10.2 Å². The number of carbonyl (C=O) groups is 1. The summed E-state index contributed by atoms with van der Waals surface area (Å²) in [7, 11) is 3.99. The molecule has 1 amide bonds. The van der Waals surface area contributed by atoms with Gasteiger partial charge in [0.25, 0.3) is 0 Å². The molecular weight excluding hydrogens is 304 g/mol. The first-order chi connectivity index (χ1) is 11.5. The Kier molecular flexibility index (Phi) is 4.83. The van der Waals surface area contributed by atoms with E-state index >= 15 is 0 Å². The van der Waals surface area contributed by atoms with Crippen LogP contribution in [0, 0.1) is 5.92 Å². The molecule has 0 saturated heterocycles. The number of benzene rings is 1. The Morgan fingerprint density at radius 1 is 1.25 bits per heavy atom. The van der Waals surface area contributed by atoms with E-state index in [0.717, 1.165) is 36.9 Å². The van der Waals surface area contributed by atoms with Crippen LogP contribution >= 0.6 is 0 Å².